The van der Waals surface area contributed by atoms with Crippen molar-refractivity contribution in [3.63, 3.8) is 0 Å². The van der Waals surface area contributed by atoms with Gasteiger partial charge in [0.25, 0.3) is 0 Å². The van der Waals surface area contributed by atoms with Crippen molar-refractivity contribution in [1.29, 1.82) is 0 Å². The van der Waals surface area contributed by atoms with Gasteiger partial charge in [0.2, 0.25) is 10.0 Å². The predicted octanol–water partition coefficient (Wildman–Crippen LogP) is 1.70. The summed E-state index contributed by atoms with van der Waals surface area (Å²) in [5.41, 5.74) is 14.4. The van der Waals surface area contributed by atoms with Crippen molar-refractivity contribution in [1.82, 2.24) is 4.72 Å². The first-order chi connectivity index (χ1) is 11.1. The monoisotopic (exact) mass is 355 g/mol. The second-order valence-corrected chi connectivity index (χ2v) is 8.19. The smallest absolute Gasteiger partial charge is 0.306 e. The van der Waals surface area contributed by atoms with E-state index in [0.717, 1.165) is 0 Å². The Hall–Kier alpha value is -1.80. The first-order valence-electron chi connectivity index (χ1n) is 7.96. The van der Waals surface area contributed by atoms with Crippen LogP contribution in [-0.2, 0) is 14.8 Å². The third kappa shape index (κ3) is 3.34. The molecular formula is C16H25N3O4S. The second kappa shape index (κ2) is 6.60. The molecule has 0 atom stereocenters. The summed E-state index contributed by atoms with van der Waals surface area (Å²) in [4.78, 5) is 11.1. The zero-order valence-corrected chi connectivity index (χ0v) is 15.0. The molecule has 7 nitrogen and oxygen atoms in total. The van der Waals surface area contributed by atoms with Crippen molar-refractivity contribution in [2.75, 3.05) is 11.5 Å². The Morgan fingerprint density at radius 3 is 1.88 bits per heavy atom. The van der Waals surface area contributed by atoms with E-state index < -0.39 is 16.0 Å². The molecule has 0 aromatic heterocycles. The van der Waals surface area contributed by atoms with Crippen LogP contribution in [0.5, 0.6) is 0 Å². The van der Waals surface area contributed by atoms with Gasteiger partial charge in [0.1, 0.15) is 0 Å². The molecule has 0 spiro atoms. The SMILES string of the molecule is Cc1c(N)c(C)c(S(=O)(=O)NC2CCC(C(=O)O)CC2)c(C)c1N. The Morgan fingerprint density at radius 1 is 1.00 bits per heavy atom. The maximum atomic E-state index is 12.8. The summed E-state index contributed by atoms with van der Waals surface area (Å²) >= 11 is 0. The fourth-order valence-electron chi connectivity index (χ4n) is 3.37. The number of anilines is 2. The fourth-order valence-corrected chi connectivity index (χ4v) is 5.19. The van der Waals surface area contributed by atoms with Gasteiger partial charge in [0.05, 0.1) is 10.8 Å². The van der Waals surface area contributed by atoms with E-state index >= 15 is 0 Å². The quantitative estimate of drug-likeness (QED) is 0.607. The van der Waals surface area contributed by atoms with Crippen molar-refractivity contribution >= 4 is 27.4 Å². The Balaban J connectivity index is 2.28. The topological polar surface area (TPSA) is 136 Å². The highest BCUT2D eigenvalue weighted by atomic mass is 32.2. The van der Waals surface area contributed by atoms with Gasteiger partial charge in [-0.15, -0.1) is 0 Å². The maximum Gasteiger partial charge on any atom is 0.306 e. The van der Waals surface area contributed by atoms with Gasteiger partial charge in [-0.25, -0.2) is 13.1 Å². The summed E-state index contributed by atoms with van der Waals surface area (Å²) in [5.74, 6) is -1.21. The molecule has 134 valence electrons. The number of benzene rings is 1. The van der Waals surface area contributed by atoms with E-state index in [-0.39, 0.29) is 16.9 Å². The second-order valence-electron chi connectivity index (χ2n) is 6.54. The van der Waals surface area contributed by atoms with Crippen LogP contribution in [0.1, 0.15) is 42.4 Å². The molecule has 0 amide bonds. The summed E-state index contributed by atoms with van der Waals surface area (Å²) in [6.45, 7) is 5.11. The largest absolute Gasteiger partial charge is 0.481 e. The number of nitrogens with two attached hydrogens (primary N) is 2. The first kappa shape index (κ1) is 18.5. The lowest BCUT2D eigenvalue weighted by atomic mass is 9.87. The lowest BCUT2D eigenvalue weighted by Crippen LogP contribution is -2.39. The molecule has 0 heterocycles. The van der Waals surface area contributed by atoms with Gasteiger partial charge >= 0.3 is 5.97 Å². The van der Waals surface area contributed by atoms with Crippen LogP contribution in [0.2, 0.25) is 0 Å². The van der Waals surface area contributed by atoms with E-state index in [1.165, 1.54) is 0 Å². The molecule has 0 saturated heterocycles. The Morgan fingerprint density at radius 2 is 1.46 bits per heavy atom. The van der Waals surface area contributed by atoms with Crippen LogP contribution in [0, 0.1) is 26.7 Å². The minimum absolute atomic E-state index is 0.128. The first-order valence-corrected chi connectivity index (χ1v) is 9.44. The molecule has 1 saturated carbocycles. The molecule has 1 aromatic rings. The van der Waals surface area contributed by atoms with Crippen LogP contribution in [0.25, 0.3) is 0 Å². The van der Waals surface area contributed by atoms with E-state index in [9.17, 15) is 13.2 Å². The average Bonchev–Trinajstić information content (AvgIpc) is 2.51. The van der Waals surface area contributed by atoms with Crippen molar-refractivity contribution < 1.29 is 18.3 Å². The van der Waals surface area contributed by atoms with Gasteiger partial charge < -0.3 is 16.6 Å². The highest BCUT2D eigenvalue weighted by Gasteiger charge is 2.31. The van der Waals surface area contributed by atoms with Gasteiger partial charge in [0.15, 0.2) is 0 Å². The van der Waals surface area contributed by atoms with Crippen molar-refractivity contribution in [3.8, 4) is 0 Å². The number of carbonyl (C=O) groups is 1. The Kier molecular flexibility index (Phi) is 5.10. The number of hydrogen-bond acceptors (Lipinski definition) is 5. The van der Waals surface area contributed by atoms with E-state index in [2.05, 4.69) is 4.72 Å². The molecule has 1 fully saturated rings. The molecule has 6 N–H and O–H groups in total. The van der Waals surface area contributed by atoms with Crippen LogP contribution in [0.3, 0.4) is 0 Å². The predicted molar refractivity (Wildman–Crippen MR) is 93.2 cm³/mol. The van der Waals surface area contributed by atoms with Gasteiger partial charge in [-0.1, -0.05) is 0 Å². The summed E-state index contributed by atoms with van der Waals surface area (Å²) in [5, 5.41) is 9.03. The average molecular weight is 355 g/mol. The number of nitrogens with one attached hydrogen (secondary N) is 1. The Bertz CT molecular complexity index is 737. The summed E-state index contributed by atoms with van der Waals surface area (Å²) in [6, 6.07) is -0.270. The highest BCUT2D eigenvalue weighted by molar-refractivity contribution is 7.89. The minimum atomic E-state index is -3.78. The van der Waals surface area contributed by atoms with E-state index in [4.69, 9.17) is 16.6 Å². The molecular weight excluding hydrogens is 330 g/mol. The lowest BCUT2D eigenvalue weighted by Gasteiger charge is -2.27. The molecule has 1 aliphatic rings. The standard InChI is InChI=1S/C16H25N3O4S/c1-8-13(17)9(2)15(10(3)14(8)18)24(22,23)19-12-6-4-11(5-7-12)16(20)21/h11-12,19H,4-7,17-18H2,1-3H3,(H,20,21). The number of hydrogen-bond donors (Lipinski definition) is 4. The number of carboxylic acids is 1. The zero-order chi connectivity index (χ0) is 18.2. The number of nitrogen functional groups attached to an aromatic ring is 2. The fraction of sp³-hybridized carbons (Fsp3) is 0.562. The maximum absolute atomic E-state index is 12.8. The van der Waals surface area contributed by atoms with Crippen molar-refractivity contribution in [2.24, 2.45) is 5.92 Å². The van der Waals surface area contributed by atoms with E-state index in [1.807, 2.05) is 0 Å². The molecule has 1 aromatic carbocycles. The summed E-state index contributed by atoms with van der Waals surface area (Å²) in [7, 11) is -3.78. The summed E-state index contributed by atoms with van der Waals surface area (Å²) in [6.07, 6.45) is 1.95. The molecule has 8 heteroatoms. The summed E-state index contributed by atoms with van der Waals surface area (Å²) < 4.78 is 28.4. The molecule has 1 aliphatic carbocycles. The van der Waals surface area contributed by atoms with E-state index in [1.54, 1.807) is 20.8 Å². The third-order valence-corrected chi connectivity index (χ3v) is 6.76. The Labute approximate surface area is 142 Å². The number of sulfonamides is 1. The van der Waals surface area contributed by atoms with Crippen LogP contribution >= 0.6 is 0 Å². The number of aliphatic carboxylic acids is 1. The minimum Gasteiger partial charge on any atom is -0.481 e. The van der Waals surface area contributed by atoms with Crippen LogP contribution in [-0.4, -0.2) is 25.5 Å². The molecule has 0 radical (unpaired) electrons. The third-order valence-electron chi connectivity index (χ3n) is 4.96. The van der Waals surface area contributed by atoms with Crippen LogP contribution < -0.4 is 16.2 Å². The zero-order valence-electron chi connectivity index (χ0n) is 14.2. The molecule has 0 aliphatic heterocycles. The normalized spacial score (nSPS) is 21.6. The van der Waals surface area contributed by atoms with Crippen molar-refractivity contribution in [3.05, 3.63) is 16.7 Å². The molecule has 0 unspecified atom stereocenters. The number of carboxylic acid groups (broad SMARTS) is 1. The van der Waals surface area contributed by atoms with Gasteiger partial charge in [-0.05, 0) is 63.1 Å². The van der Waals surface area contributed by atoms with Gasteiger partial charge in [0, 0.05) is 17.4 Å². The molecule has 2 rings (SSSR count). The number of rotatable bonds is 4. The van der Waals surface area contributed by atoms with E-state index in [0.29, 0.717) is 53.7 Å². The molecule has 0 bridgehead atoms. The lowest BCUT2D eigenvalue weighted by molar-refractivity contribution is -0.142. The van der Waals surface area contributed by atoms with Gasteiger partial charge in [-0.3, -0.25) is 4.79 Å². The van der Waals surface area contributed by atoms with Crippen molar-refractivity contribution in [2.45, 2.75) is 57.4 Å². The van der Waals surface area contributed by atoms with Crippen LogP contribution in [0.15, 0.2) is 4.90 Å². The van der Waals surface area contributed by atoms with Gasteiger partial charge in [-0.2, -0.15) is 0 Å². The molecule has 24 heavy (non-hydrogen) atoms. The van der Waals surface area contributed by atoms with Crippen LogP contribution in [0.4, 0.5) is 11.4 Å². The highest BCUT2D eigenvalue weighted by Crippen LogP contribution is 2.34.